The molecule has 21 heavy (non-hydrogen) atoms. The molecule has 2 aromatic carbocycles. The van der Waals surface area contributed by atoms with Gasteiger partial charge in [0.2, 0.25) is 0 Å². The number of nitrogens with one attached hydrogen (secondary N) is 1. The first-order valence-corrected chi connectivity index (χ1v) is 7.10. The first kappa shape index (κ1) is 13.9. The molecular formula is C18H19NO2. The van der Waals surface area contributed by atoms with Gasteiger partial charge in [0.1, 0.15) is 11.3 Å². The fourth-order valence-electron chi connectivity index (χ4n) is 2.45. The third-order valence-corrected chi connectivity index (χ3v) is 3.41. The highest BCUT2D eigenvalue weighted by Crippen LogP contribution is 2.18. The van der Waals surface area contributed by atoms with Crippen molar-refractivity contribution in [2.45, 2.75) is 19.7 Å². The van der Waals surface area contributed by atoms with Crippen LogP contribution in [-0.2, 0) is 24.4 Å². The van der Waals surface area contributed by atoms with Crippen molar-refractivity contribution in [3.8, 4) is 0 Å². The van der Waals surface area contributed by atoms with Gasteiger partial charge in [-0.3, -0.25) is 0 Å². The molecule has 1 aromatic heterocycles. The molecule has 3 nitrogen and oxygen atoms in total. The molecule has 0 saturated carbocycles. The van der Waals surface area contributed by atoms with Crippen molar-refractivity contribution in [3.63, 3.8) is 0 Å². The molecule has 0 unspecified atom stereocenters. The van der Waals surface area contributed by atoms with Crippen LogP contribution in [0.5, 0.6) is 0 Å². The number of hydrogen-bond acceptors (Lipinski definition) is 3. The van der Waals surface area contributed by atoms with E-state index in [2.05, 4.69) is 41.7 Å². The Kier molecular flexibility index (Phi) is 4.34. The van der Waals surface area contributed by atoms with E-state index >= 15 is 0 Å². The lowest BCUT2D eigenvalue weighted by atomic mass is 10.1. The van der Waals surface area contributed by atoms with E-state index in [1.54, 1.807) is 7.11 Å². The standard InChI is InChI=1S/C18H19NO2/c1-20-13-15-6-4-5-14(9-15)11-19-12-17-10-16-7-2-3-8-18(16)21-17/h2-10,19H,11-13H2,1H3. The molecule has 0 aliphatic heterocycles. The molecule has 0 saturated heterocycles. The maximum Gasteiger partial charge on any atom is 0.134 e. The lowest BCUT2D eigenvalue weighted by molar-refractivity contribution is 0.185. The molecule has 0 spiro atoms. The van der Waals surface area contributed by atoms with Gasteiger partial charge in [-0.25, -0.2) is 0 Å². The van der Waals surface area contributed by atoms with Crippen LogP contribution in [0.2, 0.25) is 0 Å². The van der Waals surface area contributed by atoms with Gasteiger partial charge in [0, 0.05) is 19.0 Å². The zero-order valence-electron chi connectivity index (χ0n) is 12.1. The van der Waals surface area contributed by atoms with E-state index in [-0.39, 0.29) is 0 Å². The van der Waals surface area contributed by atoms with Gasteiger partial charge in [-0.2, -0.15) is 0 Å². The molecule has 0 atom stereocenters. The summed E-state index contributed by atoms with van der Waals surface area (Å²) in [6.45, 7) is 2.19. The number of rotatable bonds is 6. The van der Waals surface area contributed by atoms with E-state index in [1.165, 1.54) is 11.1 Å². The van der Waals surface area contributed by atoms with E-state index in [4.69, 9.17) is 9.15 Å². The zero-order valence-corrected chi connectivity index (χ0v) is 12.1. The van der Waals surface area contributed by atoms with Crippen molar-refractivity contribution in [1.82, 2.24) is 5.32 Å². The maximum atomic E-state index is 5.79. The van der Waals surface area contributed by atoms with Gasteiger partial charge in [0.25, 0.3) is 0 Å². The largest absolute Gasteiger partial charge is 0.460 e. The molecule has 0 radical (unpaired) electrons. The zero-order chi connectivity index (χ0) is 14.5. The predicted octanol–water partition coefficient (Wildman–Crippen LogP) is 3.87. The lowest BCUT2D eigenvalue weighted by Gasteiger charge is -2.05. The van der Waals surface area contributed by atoms with Crippen LogP contribution >= 0.6 is 0 Å². The average molecular weight is 281 g/mol. The Bertz CT molecular complexity index is 685. The summed E-state index contributed by atoms with van der Waals surface area (Å²) in [5.41, 5.74) is 3.39. The molecule has 0 amide bonds. The molecule has 0 aliphatic rings. The highest BCUT2D eigenvalue weighted by molar-refractivity contribution is 5.77. The minimum atomic E-state index is 0.650. The van der Waals surface area contributed by atoms with Crippen LogP contribution in [0.25, 0.3) is 11.0 Å². The van der Waals surface area contributed by atoms with Gasteiger partial charge >= 0.3 is 0 Å². The number of methoxy groups -OCH3 is 1. The Labute approximate surface area is 124 Å². The van der Waals surface area contributed by atoms with Gasteiger partial charge in [-0.1, -0.05) is 42.5 Å². The van der Waals surface area contributed by atoms with Crippen LogP contribution in [-0.4, -0.2) is 7.11 Å². The molecule has 0 aliphatic carbocycles. The fourth-order valence-corrected chi connectivity index (χ4v) is 2.45. The second-order valence-electron chi connectivity index (χ2n) is 5.11. The average Bonchev–Trinajstić information content (AvgIpc) is 2.91. The van der Waals surface area contributed by atoms with E-state index in [0.29, 0.717) is 6.61 Å². The summed E-state index contributed by atoms with van der Waals surface area (Å²) in [5.74, 6) is 0.962. The van der Waals surface area contributed by atoms with Gasteiger partial charge in [-0.05, 0) is 23.3 Å². The summed E-state index contributed by atoms with van der Waals surface area (Å²) in [5, 5.41) is 4.56. The minimum absolute atomic E-state index is 0.650. The second kappa shape index (κ2) is 6.57. The molecule has 1 N–H and O–H groups in total. The Hall–Kier alpha value is -2.10. The first-order chi connectivity index (χ1) is 10.3. The van der Waals surface area contributed by atoms with Crippen molar-refractivity contribution < 1.29 is 9.15 Å². The lowest BCUT2D eigenvalue weighted by Crippen LogP contribution is -2.12. The van der Waals surface area contributed by atoms with Crippen molar-refractivity contribution in [2.75, 3.05) is 7.11 Å². The summed E-state index contributed by atoms with van der Waals surface area (Å²) in [7, 11) is 1.71. The number of para-hydroxylation sites is 1. The third-order valence-electron chi connectivity index (χ3n) is 3.41. The molecule has 0 fully saturated rings. The van der Waals surface area contributed by atoms with Crippen LogP contribution in [0, 0.1) is 0 Å². The van der Waals surface area contributed by atoms with Crippen molar-refractivity contribution in [2.24, 2.45) is 0 Å². The van der Waals surface area contributed by atoms with Gasteiger partial charge in [0.05, 0.1) is 13.2 Å². The van der Waals surface area contributed by atoms with Crippen LogP contribution in [0.3, 0.4) is 0 Å². The fraction of sp³-hybridized carbons (Fsp3) is 0.222. The molecule has 0 bridgehead atoms. The Morgan fingerprint density at radius 1 is 0.952 bits per heavy atom. The van der Waals surface area contributed by atoms with Gasteiger partial charge < -0.3 is 14.5 Å². The molecule has 3 heteroatoms. The third kappa shape index (κ3) is 3.51. The summed E-state index contributed by atoms with van der Waals surface area (Å²) >= 11 is 0. The van der Waals surface area contributed by atoms with Crippen LogP contribution in [0.4, 0.5) is 0 Å². The Morgan fingerprint density at radius 2 is 1.81 bits per heavy atom. The number of benzene rings is 2. The van der Waals surface area contributed by atoms with Crippen molar-refractivity contribution in [3.05, 3.63) is 71.5 Å². The summed E-state index contributed by atoms with van der Waals surface area (Å²) < 4.78 is 10.9. The summed E-state index contributed by atoms with van der Waals surface area (Å²) in [6.07, 6.45) is 0. The quantitative estimate of drug-likeness (QED) is 0.745. The minimum Gasteiger partial charge on any atom is -0.460 e. The first-order valence-electron chi connectivity index (χ1n) is 7.10. The van der Waals surface area contributed by atoms with Crippen molar-refractivity contribution in [1.29, 1.82) is 0 Å². The number of hydrogen-bond donors (Lipinski definition) is 1. The highest BCUT2D eigenvalue weighted by atomic mass is 16.5. The molecular weight excluding hydrogens is 262 g/mol. The number of fused-ring (bicyclic) bond motifs is 1. The molecule has 108 valence electrons. The number of furan rings is 1. The van der Waals surface area contributed by atoms with E-state index in [9.17, 15) is 0 Å². The van der Waals surface area contributed by atoms with Gasteiger partial charge in [0.15, 0.2) is 0 Å². The summed E-state index contributed by atoms with van der Waals surface area (Å²) in [6, 6.07) is 18.6. The van der Waals surface area contributed by atoms with Crippen LogP contribution < -0.4 is 5.32 Å². The van der Waals surface area contributed by atoms with Crippen LogP contribution in [0.1, 0.15) is 16.9 Å². The Balaban J connectivity index is 1.59. The SMILES string of the molecule is COCc1cccc(CNCc2cc3ccccc3o2)c1. The highest BCUT2D eigenvalue weighted by Gasteiger charge is 2.02. The topological polar surface area (TPSA) is 34.4 Å². The van der Waals surface area contributed by atoms with E-state index in [1.807, 2.05) is 18.2 Å². The van der Waals surface area contributed by atoms with E-state index < -0.39 is 0 Å². The molecule has 3 aromatic rings. The molecule has 3 rings (SSSR count). The summed E-state index contributed by atoms with van der Waals surface area (Å²) in [4.78, 5) is 0. The van der Waals surface area contributed by atoms with Crippen molar-refractivity contribution >= 4 is 11.0 Å². The Morgan fingerprint density at radius 3 is 2.67 bits per heavy atom. The predicted molar refractivity (Wildman–Crippen MR) is 83.9 cm³/mol. The molecule has 1 heterocycles. The normalized spacial score (nSPS) is 11.1. The van der Waals surface area contributed by atoms with Gasteiger partial charge in [-0.15, -0.1) is 0 Å². The second-order valence-corrected chi connectivity index (χ2v) is 5.11. The monoisotopic (exact) mass is 281 g/mol. The van der Waals surface area contributed by atoms with E-state index in [0.717, 1.165) is 29.8 Å². The van der Waals surface area contributed by atoms with Crippen LogP contribution in [0.15, 0.2) is 59.0 Å². The maximum absolute atomic E-state index is 5.79. The smallest absolute Gasteiger partial charge is 0.134 e. The number of ether oxygens (including phenoxy) is 1.